The van der Waals surface area contributed by atoms with Crippen LogP contribution in [0.2, 0.25) is 0 Å². The molecule has 0 saturated heterocycles. The standard InChI is InChI=1S/C7H16N2O/c1-6(2)7(8-3)4-9-5-10/h5-8H,4H2,1-3H3,(H,9,10). The van der Waals surface area contributed by atoms with Gasteiger partial charge in [-0.3, -0.25) is 4.79 Å². The van der Waals surface area contributed by atoms with Crippen LogP contribution < -0.4 is 10.6 Å². The number of likely N-dealkylation sites (N-methyl/N-ethyl adjacent to an activating group) is 1. The molecule has 2 N–H and O–H groups in total. The predicted octanol–water partition coefficient (Wildman–Crippen LogP) is -0.0236. The molecule has 0 aliphatic carbocycles. The Morgan fingerprint density at radius 2 is 2.10 bits per heavy atom. The molecule has 3 nitrogen and oxygen atoms in total. The van der Waals surface area contributed by atoms with Gasteiger partial charge in [-0.15, -0.1) is 0 Å². The highest BCUT2D eigenvalue weighted by Gasteiger charge is 2.08. The Labute approximate surface area is 62.2 Å². The van der Waals surface area contributed by atoms with Crippen LogP contribution in [-0.2, 0) is 4.79 Å². The Morgan fingerprint density at radius 1 is 1.50 bits per heavy atom. The van der Waals surface area contributed by atoms with Crippen molar-refractivity contribution in [1.29, 1.82) is 0 Å². The maximum atomic E-state index is 9.91. The number of amides is 1. The third kappa shape index (κ3) is 3.45. The van der Waals surface area contributed by atoms with Crippen molar-refractivity contribution in [3.8, 4) is 0 Å². The van der Waals surface area contributed by atoms with E-state index in [-0.39, 0.29) is 0 Å². The predicted molar refractivity (Wildman–Crippen MR) is 41.8 cm³/mol. The number of carbonyl (C=O) groups is 1. The molecule has 0 rings (SSSR count). The van der Waals surface area contributed by atoms with Crippen molar-refractivity contribution in [2.24, 2.45) is 5.92 Å². The quantitative estimate of drug-likeness (QED) is 0.532. The molecule has 60 valence electrons. The Kier molecular flexibility index (Phi) is 4.94. The fraction of sp³-hybridized carbons (Fsp3) is 0.857. The zero-order valence-electron chi connectivity index (χ0n) is 6.85. The van der Waals surface area contributed by atoms with Gasteiger partial charge in [0.25, 0.3) is 0 Å². The number of nitrogens with one attached hydrogen (secondary N) is 2. The molecule has 0 bridgehead atoms. The van der Waals surface area contributed by atoms with Crippen molar-refractivity contribution >= 4 is 6.41 Å². The molecule has 0 aromatic heterocycles. The molecule has 0 fully saturated rings. The van der Waals surface area contributed by atoms with E-state index >= 15 is 0 Å². The molecule has 0 saturated carbocycles. The van der Waals surface area contributed by atoms with Gasteiger partial charge in [-0.05, 0) is 13.0 Å². The van der Waals surface area contributed by atoms with E-state index in [0.29, 0.717) is 18.5 Å². The van der Waals surface area contributed by atoms with Gasteiger partial charge in [0.2, 0.25) is 6.41 Å². The Hall–Kier alpha value is -0.570. The second-order valence-corrected chi connectivity index (χ2v) is 2.67. The van der Waals surface area contributed by atoms with Gasteiger partial charge in [0.05, 0.1) is 0 Å². The summed E-state index contributed by atoms with van der Waals surface area (Å²) in [7, 11) is 1.90. The first-order valence-corrected chi connectivity index (χ1v) is 3.56. The number of hydrogen-bond donors (Lipinski definition) is 2. The highest BCUT2D eigenvalue weighted by Crippen LogP contribution is 1.97. The van der Waals surface area contributed by atoms with Crippen molar-refractivity contribution in [2.45, 2.75) is 19.9 Å². The maximum Gasteiger partial charge on any atom is 0.207 e. The first-order valence-electron chi connectivity index (χ1n) is 3.56. The smallest absolute Gasteiger partial charge is 0.207 e. The monoisotopic (exact) mass is 144 g/mol. The largest absolute Gasteiger partial charge is 0.357 e. The molecule has 1 amide bonds. The van der Waals surface area contributed by atoms with E-state index in [1.165, 1.54) is 0 Å². The minimum Gasteiger partial charge on any atom is -0.357 e. The topological polar surface area (TPSA) is 41.1 Å². The minimum atomic E-state index is 0.380. The van der Waals surface area contributed by atoms with E-state index in [0.717, 1.165) is 6.41 Å². The second-order valence-electron chi connectivity index (χ2n) is 2.67. The normalized spacial score (nSPS) is 13.2. The molecule has 0 radical (unpaired) electrons. The van der Waals surface area contributed by atoms with Gasteiger partial charge < -0.3 is 10.6 Å². The zero-order valence-corrected chi connectivity index (χ0v) is 6.85. The van der Waals surface area contributed by atoms with Crippen molar-refractivity contribution in [2.75, 3.05) is 13.6 Å². The van der Waals surface area contributed by atoms with E-state index in [1.807, 2.05) is 7.05 Å². The van der Waals surface area contributed by atoms with Crippen LogP contribution in [0.15, 0.2) is 0 Å². The molecular formula is C7H16N2O. The van der Waals surface area contributed by atoms with Crippen molar-refractivity contribution in [3.63, 3.8) is 0 Å². The van der Waals surface area contributed by atoms with Gasteiger partial charge in [0.15, 0.2) is 0 Å². The van der Waals surface area contributed by atoms with Gasteiger partial charge in [-0.25, -0.2) is 0 Å². The van der Waals surface area contributed by atoms with Gasteiger partial charge in [-0.1, -0.05) is 13.8 Å². The first-order chi connectivity index (χ1) is 4.72. The summed E-state index contributed by atoms with van der Waals surface area (Å²) in [4.78, 5) is 9.91. The summed E-state index contributed by atoms with van der Waals surface area (Å²) in [6.07, 6.45) is 0.729. The molecule has 1 atom stereocenters. The molecular weight excluding hydrogens is 128 g/mol. The SMILES string of the molecule is CNC(CNC=O)C(C)C. The first kappa shape index (κ1) is 9.43. The summed E-state index contributed by atoms with van der Waals surface area (Å²) in [6.45, 7) is 4.94. The zero-order chi connectivity index (χ0) is 7.98. The fourth-order valence-corrected chi connectivity index (χ4v) is 0.846. The van der Waals surface area contributed by atoms with Crippen LogP contribution >= 0.6 is 0 Å². The van der Waals surface area contributed by atoms with Crippen LogP contribution in [0.5, 0.6) is 0 Å². The highest BCUT2D eigenvalue weighted by molar-refractivity contribution is 5.45. The van der Waals surface area contributed by atoms with Crippen LogP contribution in [0.4, 0.5) is 0 Å². The summed E-state index contributed by atoms with van der Waals surface area (Å²) in [5.74, 6) is 0.553. The maximum absolute atomic E-state index is 9.91. The van der Waals surface area contributed by atoms with Crippen LogP contribution in [-0.4, -0.2) is 26.0 Å². The number of rotatable bonds is 5. The van der Waals surface area contributed by atoms with Crippen LogP contribution in [0.25, 0.3) is 0 Å². The van der Waals surface area contributed by atoms with Crippen LogP contribution in [0.1, 0.15) is 13.8 Å². The average molecular weight is 144 g/mol. The van der Waals surface area contributed by atoms with Crippen molar-refractivity contribution < 1.29 is 4.79 Å². The number of hydrogen-bond acceptors (Lipinski definition) is 2. The Bertz CT molecular complexity index is 93.6. The summed E-state index contributed by atoms with van der Waals surface area (Å²) in [6, 6.07) is 0.380. The lowest BCUT2D eigenvalue weighted by Gasteiger charge is -2.18. The van der Waals surface area contributed by atoms with Gasteiger partial charge in [-0.2, -0.15) is 0 Å². The van der Waals surface area contributed by atoms with Gasteiger partial charge >= 0.3 is 0 Å². The van der Waals surface area contributed by atoms with Crippen LogP contribution in [0, 0.1) is 5.92 Å². The third-order valence-electron chi connectivity index (χ3n) is 1.60. The minimum absolute atomic E-state index is 0.380. The van der Waals surface area contributed by atoms with Gasteiger partial charge in [0, 0.05) is 12.6 Å². The van der Waals surface area contributed by atoms with E-state index in [1.54, 1.807) is 0 Å². The van der Waals surface area contributed by atoms with E-state index in [2.05, 4.69) is 24.5 Å². The molecule has 0 spiro atoms. The molecule has 0 aromatic carbocycles. The Balaban J connectivity index is 3.49. The van der Waals surface area contributed by atoms with Crippen molar-refractivity contribution in [3.05, 3.63) is 0 Å². The summed E-state index contributed by atoms with van der Waals surface area (Å²) in [5, 5.41) is 5.75. The fourth-order valence-electron chi connectivity index (χ4n) is 0.846. The second kappa shape index (κ2) is 5.23. The molecule has 0 heterocycles. The van der Waals surface area contributed by atoms with Gasteiger partial charge in [0.1, 0.15) is 0 Å². The Morgan fingerprint density at radius 3 is 2.40 bits per heavy atom. The molecule has 0 aliphatic heterocycles. The lowest BCUT2D eigenvalue weighted by atomic mass is 10.1. The molecule has 3 heteroatoms. The van der Waals surface area contributed by atoms with E-state index < -0.39 is 0 Å². The lowest BCUT2D eigenvalue weighted by molar-refractivity contribution is -0.109. The molecule has 0 aromatic rings. The number of carbonyl (C=O) groups excluding carboxylic acids is 1. The van der Waals surface area contributed by atoms with E-state index in [4.69, 9.17) is 0 Å². The molecule has 0 aliphatic rings. The van der Waals surface area contributed by atoms with Crippen LogP contribution in [0.3, 0.4) is 0 Å². The highest BCUT2D eigenvalue weighted by atomic mass is 16.1. The lowest BCUT2D eigenvalue weighted by Crippen LogP contribution is -2.39. The molecule has 1 unspecified atom stereocenters. The average Bonchev–Trinajstić information content (AvgIpc) is 1.89. The van der Waals surface area contributed by atoms with Crippen molar-refractivity contribution in [1.82, 2.24) is 10.6 Å². The summed E-state index contributed by atoms with van der Waals surface area (Å²) >= 11 is 0. The molecule has 10 heavy (non-hydrogen) atoms. The third-order valence-corrected chi connectivity index (χ3v) is 1.60. The van der Waals surface area contributed by atoms with E-state index in [9.17, 15) is 4.79 Å². The summed E-state index contributed by atoms with van der Waals surface area (Å²) < 4.78 is 0. The summed E-state index contributed by atoms with van der Waals surface area (Å²) in [5.41, 5.74) is 0.